The zero-order valence-corrected chi connectivity index (χ0v) is 11.1. The number of hydrogen-bond acceptors (Lipinski definition) is 9. The molecule has 0 aromatic carbocycles. The van der Waals surface area contributed by atoms with E-state index in [4.69, 9.17) is 0 Å². The standard InChI is InChI=1S/C10H16N2O7/c1-5(2)7(11-15)9(13)17-19-18-10(14)8(12-16)6(3)4/h5-8H,1-4H3/t7-,8-/m0/s1. The monoisotopic (exact) mass is 276 g/mol. The Balaban J connectivity index is 4.23. The van der Waals surface area contributed by atoms with Gasteiger partial charge in [-0.2, -0.15) is 0 Å². The summed E-state index contributed by atoms with van der Waals surface area (Å²) in [6.07, 6.45) is 0. The van der Waals surface area contributed by atoms with Gasteiger partial charge in [0, 0.05) is 5.04 Å². The zero-order valence-electron chi connectivity index (χ0n) is 11.1. The molecule has 0 aromatic heterocycles. The molecule has 0 aliphatic carbocycles. The van der Waals surface area contributed by atoms with Crippen LogP contribution in [0.1, 0.15) is 27.7 Å². The first kappa shape index (κ1) is 17.1. The van der Waals surface area contributed by atoms with Crippen LogP contribution in [-0.4, -0.2) is 24.0 Å². The van der Waals surface area contributed by atoms with Crippen LogP contribution >= 0.6 is 0 Å². The van der Waals surface area contributed by atoms with Crippen molar-refractivity contribution >= 4 is 11.9 Å². The smallest absolute Gasteiger partial charge is 0.257 e. The number of nitroso groups, excluding NO2 is 2. The number of nitrogens with zero attached hydrogens (tertiary/aromatic N) is 2. The molecule has 2 atom stereocenters. The summed E-state index contributed by atoms with van der Waals surface area (Å²) in [5.41, 5.74) is 0. The highest BCUT2D eigenvalue weighted by Crippen LogP contribution is 2.10. The highest BCUT2D eigenvalue weighted by Gasteiger charge is 2.29. The molecule has 0 saturated carbocycles. The van der Waals surface area contributed by atoms with Crippen molar-refractivity contribution in [2.24, 2.45) is 22.2 Å². The Morgan fingerprint density at radius 1 is 0.789 bits per heavy atom. The third-order valence-corrected chi connectivity index (χ3v) is 2.21. The molecule has 0 unspecified atom stereocenters. The summed E-state index contributed by atoms with van der Waals surface area (Å²) in [6, 6.07) is -2.55. The summed E-state index contributed by atoms with van der Waals surface area (Å²) in [5.74, 6) is -3.00. The summed E-state index contributed by atoms with van der Waals surface area (Å²) in [4.78, 5) is 51.4. The molecule has 0 fully saturated rings. The highest BCUT2D eigenvalue weighted by atomic mass is 17.5. The van der Waals surface area contributed by atoms with E-state index in [1.54, 1.807) is 27.7 Å². The Hall–Kier alpha value is -1.90. The van der Waals surface area contributed by atoms with E-state index in [-0.39, 0.29) is 0 Å². The number of hydrogen-bond donors (Lipinski definition) is 0. The molecule has 0 spiro atoms. The van der Waals surface area contributed by atoms with Gasteiger partial charge in [-0.15, -0.1) is 9.81 Å². The molecule has 0 N–H and O–H groups in total. The van der Waals surface area contributed by atoms with Gasteiger partial charge in [0.15, 0.2) is 12.1 Å². The second-order valence-corrected chi connectivity index (χ2v) is 4.46. The van der Waals surface area contributed by atoms with E-state index in [0.717, 1.165) is 0 Å². The van der Waals surface area contributed by atoms with Crippen LogP contribution in [0.3, 0.4) is 0 Å². The maximum absolute atomic E-state index is 11.3. The van der Waals surface area contributed by atoms with Crippen LogP contribution in [0, 0.1) is 21.6 Å². The zero-order chi connectivity index (χ0) is 15.0. The van der Waals surface area contributed by atoms with Gasteiger partial charge < -0.3 is 0 Å². The Morgan fingerprint density at radius 2 is 1.11 bits per heavy atom. The van der Waals surface area contributed by atoms with E-state index in [0.29, 0.717) is 0 Å². The van der Waals surface area contributed by atoms with E-state index in [1.165, 1.54) is 0 Å². The van der Waals surface area contributed by atoms with Crippen molar-refractivity contribution in [3.63, 3.8) is 0 Å². The summed E-state index contributed by atoms with van der Waals surface area (Å²) in [5, 5.41) is 9.03. The second kappa shape index (κ2) is 8.25. The molecule has 19 heavy (non-hydrogen) atoms. The first-order valence-corrected chi connectivity index (χ1v) is 5.58. The molecule has 0 bridgehead atoms. The molecule has 0 amide bonds. The lowest BCUT2D eigenvalue weighted by Crippen LogP contribution is -2.29. The third kappa shape index (κ3) is 5.51. The molecule has 0 aliphatic rings. The van der Waals surface area contributed by atoms with Gasteiger partial charge in [-0.05, 0) is 11.8 Å². The Bertz CT molecular complexity index is 311. The normalized spacial score (nSPS) is 13.8. The van der Waals surface area contributed by atoms with Gasteiger partial charge in [-0.3, -0.25) is 9.78 Å². The molecule has 0 saturated heterocycles. The summed E-state index contributed by atoms with van der Waals surface area (Å²) >= 11 is 0. The molecule has 0 aromatic rings. The molecule has 9 heteroatoms. The van der Waals surface area contributed by atoms with Crippen molar-refractivity contribution in [1.82, 2.24) is 0 Å². The molecule has 108 valence electrons. The number of carbonyl (C=O) groups is 2. The van der Waals surface area contributed by atoms with Crippen LogP contribution in [0.25, 0.3) is 0 Å². The number of carbonyl (C=O) groups excluding carboxylic acids is 2. The van der Waals surface area contributed by atoms with E-state index < -0.39 is 35.9 Å². The Kier molecular flexibility index (Phi) is 7.42. The minimum Gasteiger partial charge on any atom is -0.257 e. The summed E-state index contributed by atoms with van der Waals surface area (Å²) < 4.78 is 0. The van der Waals surface area contributed by atoms with Gasteiger partial charge in [0.25, 0.3) is 0 Å². The van der Waals surface area contributed by atoms with Gasteiger partial charge in [0.05, 0.1) is 0 Å². The van der Waals surface area contributed by atoms with Crippen LogP contribution in [0.15, 0.2) is 10.4 Å². The highest BCUT2D eigenvalue weighted by molar-refractivity contribution is 5.76. The largest absolute Gasteiger partial charge is 0.374 e. The lowest BCUT2D eigenvalue weighted by atomic mass is 10.1. The van der Waals surface area contributed by atoms with Gasteiger partial charge in [-0.25, -0.2) is 9.59 Å². The summed E-state index contributed by atoms with van der Waals surface area (Å²) in [7, 11) is 0. The average molecular weight is 276 g/mol. The van der Waals surface area contributed by atoms with Crippen molar-refractivity contribution < 1.29 is 24.4 Å². The van der Waals surface area contributed by atoms with E-state index in [9.17, 15) is 19.4 Å². The SMILES string of the molecule is CC(C)[C@H](N=O)C(=O)OOOC(=O)[C@@H](N=O)C(C)C. The molecule has 0 rings (SSSR count). The van der Waals surface area contributed by atoms with Crippen LogP contribution in [0.4, 0.5) is 0 Å². The fourth-order valence-corrected chi connectivity index (χ4v) is 1.06. The average Bonchev–Trinajstić information content (AvgIpc) is 2.29. The molecule has 0 radical (unpaired) electrons. The van der Waals surface area contributed by atoms with Crippen molar-refractivity contribution in [3.05, 3.63) is 9.81 Å². The molecular weight excluding hydrogens is 260 g/mol. The first-order valence-electron chi connectivity index (χ1n) is 5.58. The predicted octanol–water partition coefficient (Wildman–Crippen LogP) is 1.50. The van der Waals surface area contributed by atoms with Crippen LogP contribution in [-0.2, 0) is 24.4 Å². The predicted molar refractivity (Wildman–Crippen MR) is 62.1 cm³/mol. The Labute approximate surface area is 109 Å². The fraction of sp³-hybridized carbons (Fsp3) is 0.800. The number of rotatable bonds is 8. The Morgan fingerprint density at radius 3 is 1.32 bits per heavy atom. The lowest BCUT2D eigenvalue weighted by molar-refractivity contribution is -0.460. The van der Waals surface area contributed by atoms with Gasteiger partial charge in [0.2, 0.25) is 0 Å². The maximum atomic E-state index is 11.3. The van der Waals surface area contributed by atoms with Crippen molar-refractivity contribution in [2.75, 3.05) is 0 Å². The van der Waals surface area contributed by atoms with Crippen molar-refractivity contribution in [3.8, 4) is 0 Å². The fourth-order valence-electron chi connectivity index (χ4n) is 1.06. The van der Waals surface area contributed by atoms with E-state index in [2.05, 4.69) is 25.2 Å². The van der Waals surface area contributed by atoms with E-state index >= 15 is 0 Å². The van der Waals surface area contributed by atoms with Crippen molar-refractivity contribution in [2.45, 2.75) is 39.8 Å². The van der Waals surface area contributed by atoms with Gasteiger partial charge in [0.1, 0.15) is 0 Å². The first-order chi connectivity index (χ1) is 8.84. The quantitative estimate of drug-likeness (QED) is 0.374. The van der Waals surface area contributed by atoms with Crippen LogP contribution in [0.5, 0.6) is 0 Å². The summed E-state index contributed by atoms with van der Waals surface area (Å²) in [6.45, 7) is 6.30. The minimum atomic E-state index is -1.27. The maximum Gasteiger partial charge on any atom is 0.374 e. The molecule has 0 aliphatic heterocycles. The topological polar surface area (TPSA) is 121 Å². The molecule has 0 heterocycles. The van der Waals surface area contributed by atoms with E-state index in [1.807, 2.05) is 0 Å². The molecule has 9 nitrogen and oxygen atoms in total. The van der Waals surface area contributed by atoms with Gasteiger partial charge >= 0.3 is 11.9 Å². The lowest BCUT2D eigenvalue weighted by Gasteiger charge is -2.11. The van der Waals surface area contributed by atoms with Gasteiger partial charge in [-0.1, -0.05) is 38.0 Å². The molecular formula is C10H16N2O7. The second-order valence-electron chi connectivity index (χ2n) is 4.46. The van der Waals surface area contributed by atoms with Crippen molar-refractivity contribution in [1.29, 1.82) is 0 Å². The minimum absolute atomic E-state index is 0.399. The third-order valence-electron chi connectivity index (χ3n) is 2.21. The van der Waals surface area contributed by atoms with Crippen LogP contribution in [0.2, 0.25) is 0 Å². The van der Waals surface area contributed by atoms with Crippen LogP contribution < -0.4 is 0 Å².